The van der Waals surface area contributed by atoms with Crippen LogP contribution in [0.2, 0.25) is 0 Å². The first-order valence-electron chi connectivity index (χ1n) is 5.52. The van der Waals surface area contributed by atoms with Gasteiger partial charge in [-0.15, -0.1) is 13.2 Å². The highest BCUT2D eigenvalue weighted by molar-refractivity contribution is 5.06. The summed E-state index contributed by atoms with van der Waals surface area (Å²) in [4.78, 5) is 0. The van der Waals surface area contributed by atoms with Crippen LogP contribution in [0, 0.1) is 5.41 Å². The van der Waals surface area contributed by atoms with Gasteiger partial charge in [-0.05, 0) is 12.8 Å². The zero-order chi connectivity index (χ0) is 10.2. The lowest BCUT2D eigenvalue weighted by Gasteiger charge is -2.26. The maximum atomic E-state index is 3.94. The SMILES string of the molecule is C=CC(C=C)(CCCC)CCCC. The van der Waals surface area contributed by atoms with Crippen LogP contribution in [0.1, 0.15) is 52.4 Å². The summed E-state index contributed by atoms with van der Waals surface area (Å²) in [5.41, 5.74) is 0.214. The Morgan fingerprint density at radius 1 is 0.923 bits per heavy atom. The molecule has 76 valence electrons. The monoisotopic (exact) mass is 180 g/mol. The van der Waals surface area contributed by atoms with Crippen molar-refractivity contribution in [1.29, 1.82) is 0 Å². The van der Waals surface area contributed by atoms with Crippen molar-refractivity contribution in [3.05, 3.63) is 25.3 Å². The maximum absolute atomic E-state index is 3.94. The van der Waals surface area contributed by atoms with E-state index in [0.717, 1.165) is 0 Å². The first-order chi connectivity index (χ1) is 6.24. The number of allylic oxidation sites excluding steroid dienone is 2. The van der Waals surface area contributed by atoms with Gasteiger partial charge in [-0.25, -0.2) is 0 Å². The Labute approximate surface area is 83.7 Å². The molecule has 0 aliphatic carbocycles. The lowest BCUT2D eigenvalue weighted by Crippen LogP contribution is -2.14. The average Bonchev–Trinajstić information content (AvgIpc) is 2.20. The minimum absolute atomic E-state index is 0.214. The minimum atomic E-state index is 0.214. The Morgan fingerprint density at radius 2 is 1.31 bits per heavy atom. The standard InChI is InChI=1S/C13H24/c1-5-9-11-13(7-3,8-4)12-10-6-2/h7-8H,3-6,9-12H2,1-2H3. The van der Waals surface area contributed by atoms with Crippen molar-refractivity contribution >= 4 is 0 Å². The molecule has 0 atom stereocenters. The summed E-state index contributed by atoms with van der Waals surface area (Å²) in [5, 5.41) is 0. The van der Waals surface area contributed by atoms with E-state index in [2.05, 4.69) is 39.2 Å². The Hall–Kier alpha value is -0.520. The van der Waals surface area contributed by atoms with Gasteiger partial charge in [-0.1, -0.05) is 51.7 Å². The second kappa shape index (κ2) is 6.94. The van der Waals surface area contributed by atoms with Crippen molar-refractivity contribution in [1.82, 2.24) is 0 Å². The second-order valence-electron chi connectivity index (χ2n) is 3.85. The molecule has 0 aliphatic rings. The van der Waals surface area contributed by atoms with Gasteiger partial charge in [0.1, 0.15) is 0 Å². The van der Waals surface area contributed by atoms with E-state index in [1.807, 2.05) is 0 Å². The van der Waals surface area contributed by atoms with Crippen molar-refractivity contribution in [3.8, 4) is 0 Å². The lowest BCUT2D eigenvalue weighted by atomic mass is 9.78. The van der Waals surface area contributed by atoms with Gasteiger partial charge in [0.05, 0.1) is 0 Å². The van der Waals surface area contributed by atoms with Gasteiger partial charge < -0.3 is 0 Å². The molecule has 0 fully saturated rings. The summed E-state index contributed by atoms with van der Waals surface area (Å²) in [7, 11) is 0. The van der Waals surface area contributed by atoms with Crippen LogP contribution in [0.25, 0.3) is 0 Å². The average molecular weight is 180 g/mol. The minimum Gasteiger partial charge on any atom is -0.102 e. The highest BCUT2D eigenvalue weighted by Gasteiger charge is 2.20. The molecule has 0 amide bonds. The van der Waals surface area contributed by atoms with Crippen molar-refractivity contribution in [2.24, 2.45) is 5.41 Å². The first kappa shape index (κ1) is 12.5. The van der Waals surface area contributed by atoms with E-state index in [1.165, 1.54) is 38.5 Å². The van der Waals surface area contributed by atoms with Gasteiger partial charge in [0, 0.05) is 5.41 Å². The Kier molecular flexibility index (Phi) is 6.66. The van der Waals surface area contributed by atoms with E-state index in [0.29, 0.717) is 0 Å². The van der Waals surface area contributed by atoms with Gasteiger partial charge >= 0.3 is 0 Å². The Balaban J connectivity index is 4.13. The van der Waals surface area contributed by atoms with E-state index in [1.54, 1.807) is 0 Å². The molecular weight excluding hydrogens is 156 g/mol. The molecule has 0 aromatic heterocycles. The smallest absolute Gasteiger partial charge is 0.00556 e. The van der Waals surface area contributed by atoms with E-state index in [4.69, 9.17) is 0 Å². The molecule has 0 saturated carbocycles. The molecule has 0 radical (unpaired) electrons. The van der Waals surface area contributed by atoms with E-state index < -0.39 is 0 Å². The third-order valence-corrected chi connectivity index (χ3v) is 2.80. The van der Waals surface area contributed by atoms with Gasteiger partial charge in [0.2, 0.25) is 0 Å². The number of unbranched alkanes of at least 4 members (excludes halogenated alkanes) is 2. The van der Waals surface area contributed by atoms with Gasteiger partial charge in [-0.2, -0.15) is 0 Å². The molecule has 0 heterocycles. The van der Waals surface area contributed by atoms with Crippen molar-refractivity contribution in [3.63, 3.8) is 0 Å². The Bertz CT molecular complexity index is 126. The third kappa shape index (κ3) is 4.31. The quantitative estimate of drug-likeness (QED) is 0.474. The summed E-state index contributed by atoms with van der Waals surface area (Å²) >= 11 is 0. The van der Waals surface area contributed by atoms with Crippen LogP contribution in [0.5, 0.6) is 0 Å². The summed E-state index contributed by atoms with van der Waals surface area (Å²) in [6.07, 6.45) is 11.7. The highest BCUT2D eigenvalue weighted by atomic mass is 14.2. The van der Waals surface area contributed by atoms with Crippen LogP contribution in [-0.2, 0) is 0 Å². The summed E-state index contributed by atoms with van der Waals surface area (Å²) < 4.78 is 0. The number of hydrogen-bond acceptors (Lipinski definition) is 0. The number of hydrogen-bond donors (Lipinski definition) is 0. The van der Waals surface area contributed by atoms with Crippen molar-refractivity contribution in [2.75, 3.05) is 0 Å². The molecule has 0 spiro atoms. The second-order valence-corrected chi connectivity index (χ2v) is 3.85. The normalized spacial score (nSPS) is 11.2. The molecule has 0 N–H and O–H groups in total. The van der Waals surface area contributed by atoms with Crippen molar-refractivity contribution in [2.45, 2.75) is 52.4 Å². The third-order valence-electron chi connectivity index (χ3n) is 2.80. The molecular formula is C13H24. The van der Waals surface area contributed by atoms with Gasteiger partial charge in [-0.3, -0.25) is 0 Å². The van der Waals surface area contributed by atoms with Crippen LogP contribution in [-0.4, -0.2) is 0 Å². The number of rotatable bonds is 8. The van der Waals surface area contributed by atoms with Gasteiger partial charge in [0.25, 0.3) is 0 Å². The molecule has 0 rings (SSSR count). The Morgan fingerprint density at radius 3 is 1.54 bits per heavy atom. The predicted molar refractivity (Wildman–Crippen MR) is 61.9 cm³/mol. The van der Waals surface area contributed by atoms with Crippen LogP contribution in [0.15, 0.2) is 25.3 Å². The van der Waals surface area contributed by atoms with Gasteiger partial charge in [0.15, 0.2) is 0 Å². The lowest BCUT2D eigenvalue weighted by molar-refractivity contribution is 0.386. The predicted octanol–water partition coefficient (Wildman–Crippen LogP) is 4.73. The van der Waals surface area contributed by atoms with E-state index in [9.17, 15) is 0 Å². The fourth-order valence-corrected chi connectivity index (χ4v) is 1.63. The molecule has 0 aliphatic heterocycles. The fourth-order valence-electron chi connectivity index (χ4n) is 1.63. The van der Waals surface area contributed by atoms with E-state index >= 15 is 0 Å². The maximum Gasteiger partial charge on any atom is 0.00556 e. The van der Waals surface area contributed by atoms with Crippen LogP contribution in [0.3, 0.4) is 0 Å². The van der Waals surface area contributed by atoms with E-state index in [-0.39, 0.29) is 5.41 Å². The molecule has 0 saturated heterocycles. The summed E-state index contributed by atoms with van der Waals surface area (Å²) in [6, 6.07) is 0. The summed E-state index contributed by atoms with van der Waals surface area (Å²) in [5.74, 6) is 0. The largest absolute Gasteiger partial charge is 0.102 e. The fraction of sp³-hybridized carbons (Fsp3) is 0.692. The molecule has 0 unspecified atom stereocenters. The molecule has 0 heteroatoms. The van der Waals surface area contributed by atoms with Crippen molar-refractivity contribution < 1.29 is 0 Å². The van der Waals surface area contributed by atoms with Crippen LogP contribution >= 0.6 is 0 Å². The zero-order valence-electron chi connectivity index (χ0n) is 9.31. The molecule has 13 heavy (non-hydrogen) atoms. The first-order valence-corrected chi connectivity index (χ1v) is 5.52. The molecule has 0 nitrogen and oxygen atoms in total. The van der Waals surface area contributed by atoms with Crippen LogP contribution in [0.4, 0.5) is 0 Å². The summed E-state index contributed by atoms with van der Waals surface area (Å²) in [6.45, 7) is 12.3. The molecule has 0 bridgehead atoms. The topological polar surface area (TPSA) is 0 Å². The van der Waals surface area contributed by atoms with Crippen LogP contribution < -0.4 is 0 Å². The zero-order valence-corrected chi connectivity index (χ0v) is 9.31. The molecule has 0 aromatic rings. The molecule has 0 aromatic carbocycles. The highest BCUT2D eigenvalue weighted by Crippen LogP contribution is 2.33.